The van der Waals surface area contributed by atoms with Gasteiger partial charge in [0.1, 0.15) is 5.82 Å². The van der Waals surface area contributed by atoms with Crippen molar-refractivity contribution in [2.45, 2.75) is 13.0 Å². The number of benzene rings is 1. The number of halogens is 1. The van der Waals surface area contributed by atoms with Crippen molar-refractivity contribution >= 4 is 0 Å². The molecule has 0 saturated heterocycles. The number of rotatable bonds is 7. The highest BCUT2D eigenvalue weighted by Crippen LogP contribution is 2.12. The molecule has 0 heterocycles. The third-order valence-corrected chi connectivity index (χ3v) is 2.28. The van der Waals surface area contributed by atoms with Gasteiger partial charge in [0.2, 0.25) is 0 Å². The van der Waals surface area contributed by atoms with Crippen LogP contribution >= 0.6 is 0 Å². The zero-order valence-electron chi connectivity index (χ0n) is 9.45. The Kier molecular flexibility index (Phi) is 6.00. The topological polar surface area (TPSA) is 41.5 Å². The van der Waals surface area contributed by atoms with Gasteiger partial charge in [0.15, 0.2) is 0 Å². The first-order valence-electron chi connectivity index (χ1n) is 5.41. The molecule has 0 bridgehead atoms. The Hall–Kier alpha value is -0.970. The summed E-state index contributed by atoms with van der Waals surface area (Å²) in [5, 5.41) is 11.7. The average Bonchev–Trinajstić information content (AvgIpc) is 2.28. The lowest BCUT2D eigenvalue weighted by Gasteiger charge is -2.14. The van der Waals surface area contributed by atoms with Gasteiger partial charge in [-0.25, -0.2) is 4.39 Å². The monoisotopic (exact) mass is 227 g/mol. The molecule has 1 rings (SSSR count). The van der Waals surface area contributed by atoms with E-state index in [9.17, 15) is 4.39 Å². The first-order chi connectivity index (χ1) is 7.74. The minimum absolute atomic E-state index is 0.0411. The van der Waals surface area contributed by atoms with Crippen LogP contribution in [0.15, 0.2) is 24.3 Å². The molecule has 16 heavy (non-hydrogen) atoms. The molecule has 1 aromatic rings. The van der Waals surface area contributed by atoms with E-state index in [0.29, 0.717) is 19.8 Å². The highest BCUT2D eigenvalue weighted by molar-refractivity contribution is 5.19. The maximum Gasteiger partial charge on any atom is 0.123 e. The van der Waals surface area contributed by atoms with Gasteiger partial charge in [0.05, 0.1) is 19.8 Å². The molecule has 1 unspecified atom stereocenters. The highest BCUT2D eigenvalue weighted by atomic mass is 19.1. The van der Waals surface area contributed by atoms with Crippen molar-refractivity contribution in [2.75, 3.05) is 26.4 Å². The Morgan fingerprint density at radius 3 is 2.94 bits per heavy atom. The summed E-state index contributed by atoms with van der Waals surface area (Å²) in [6.45, 7) is 3.59. The van der Waals surface area contributed by atoms with Crippen LogP contribution < -0.4 is 5.32 Å². The molecule has 0 spiro atoms. The van der Waals surface area contributed by atoms with Crippen molar-refractivity contribution in [3.63, 3.8) is 0 Å². The molecule has 0 radical (unpaired) electrons. The summed E-state index contributed by atoms with van der Waals surface area (Å²) in [4.78, 5) is 0. The van der Waals surface area contributed by atoms with Crippen LogP contribution in [-0.2, 0) is 4.74 Å². The van der Waals surface area contributed by atoms with Gasteiger partial charge in [0, 0.05) is 12.6 Å². The van der Waals surface area contributed by atoms with E-state index in [2.05, 4.69) is 5.32 Å². The maximum atomic E-state index is 12.9. The summed E-state index contributed by atoms with van der Waals surface area (Å²) in [6.07, 6.45) is 0. The van der Waals surface area contributed by atoms with Crippen LogP contribution in [0.5, 0.6) is 0 Å². The Morgan fingerprint density at radius 2 is 2.25 bits per heavy atom. The lowest BCUT2D eigenvalue weighted by Crippen LogP contribution is -2.23. The zero-order valence-corrected chi connectivity index (χ0v) is 9.45. The van der Waals surface area contributed by atoms with Crippen molar-refractivity contribution in [1.29, 1.82) is 0 Å². The van der Waals surface area contributed by atoms with E-state index in [1.165, 1.54) is 12.1 Å². The van der Waals surface area contributed by atoms with Crippen molar-refractivity contribution in [2.24, 2.45) is 0 Å². The van der Waals surface area contributed by atoms with Crippen LogP contribution in [0.25, 0.3) is 0 Å². The van der Waals surface area contributed by atoms with Crippen molar-refractivity contribution in [1.82, 2.24) is 5.32 Å². The molecule has 0 amide bonds. The van der Waals surface area contributed by atoms with Crippen LogP contribution in [0, 0.1) is 5.82 Å². The first kappa shape index (κ1) is 13.1. The predicted octanol–water partition coefficient (Wildman–Crippen LogP) is 1.49. The van der Waals surface area contributed by atoms with Crippen molar-refractivity contribution in [3.05, 3.63) is 35.6 Å². The van der Waals surface area contributed by atoms with Crippen LogP contribution in [0.3, 0.4) is 0 Å². The van der Waals surface area contributed by atoms with Gasteiger partial charge in [-0.05, 0) is 24.6 Å². The SMILES string of the molecule is CC(NCCOCCO)c1cccc(F)c1. The van der Waals surface area contributed by atoms with E-state index < -0.39 is 0 Å². The van der Waals surface area contributed by atoms with E-state index in [4.69, 9.17) is 9.84 Å². The predicted molar refractivity (Wildman–Crippen MR) is 60.7 cm³/mol. The largest absolute Gasteiger partial charge is 0.394 e. The molecule has 1 atom stereocenters. The maximum absolute atomic E-state index is 12.9. The Morgan fingerprint density at radius 1 is 1.44 bits per heavy atom. The summed E-state index contributed by atoms with van der Waals surface area (Å²) in [5.41, 5.74) is 0.919. The van der Waals surface area contributed by atoms with Gasteiger partial charge in [-0.1, -0.05) is 12.1 Å². The Labute approximate surface area is 95.2 Å². The number of ether oxygens (including phenoxy) is 1. The molecule has 0 aromatic heterocycles. The minimum atomic E-state index is -0.220. The number of nitrogens with one attached hydrogen (secondary N) is 1. The molecule has 4 heteroatoms. The second-order valence-electron chi connectivity index (χ2n) is 3.57. The summed E-state index contributed by atoms with van der Waals surface area (Å²) >= 11 is 0. The lowest BCUT2D eigenvalue weighted by atomic mass is 10.1. The highest BCUT2D eigenvalue weighted by Gasteiger charge is 2.04. The number of hydrogen-bond donors (Lipinski definition) is 2. The number of hydrogen-bond acceptors (Lipinski definition) is 3. The molecule has 0 aliphatic heterocycles. The number of aliphatic hydroxyl groups excluding tert-OH is 1. The Balaban J connectivity index is 2.27. The van der Waals surface area contributed by atoms with E-state index in [0.717, 1.165) is 5.56 Å². The van der Waals surface area contributed by atoms with Crippen LogP contribution in [0.1, 0.15) is 18.5 Å². The van der Waals surface area contributed by atoms with Gasteiger partial charge < -0.3 is 15.2 Å². The van der Waals surface area contributed by atoms with E-state index >= 15 is 0 Å². The quantitative estimate of drug-likeness (QED) is 0.693. The second kappa shape index (κ2) is 7.33. The first-order valence-corrected chi connectivity index (χ1v) is 5.41. The van der Waals surface area contributed by atoms with E-state index in [1.807, 2.05) is 13.0 Å². The zero-order chi connectivity index (χ0) is 11.8. The summed E-state index contributed by atoms with van der Waals surface area (Å²) in [6, 6.07) is 6.63. The molecule has 1 aromatic carbocycles. The fraction of sp³-hybridized carbons (Fsp3) is 0.500. The summed E-state index contributed by atoms with van der Waals surface area (Å²) < 4.78 is 18.0. The molecule has 0 saturated carbocycles. The van der Waals surface area contributed by atoms with Gasteiger partial charge >= 0.3 is 0 Å². The fourth-order valence-corrected chi connectivity index (χ4v) is 1.41. The Bertz CT molecular complexity index is 307. The summed E-state index contributed by atoms with van der Waals surface area (Å²) in [7, 11) is 0. The van der Waals surface area contributed by atoms with Gasteiger partial charge in [-0.3, -0.25) is 0 Å². The van der Waals surface area contributed by atoms with Crippen LogP contribution in [0.2, 0.25) is 0 Å². The average molecular weight is 227 g/mol. The molecule has 90 valence electrons. The molecular formula is C12H18FNO2. The van der Waals surface area contributed by atoms with Crippen LogP contribution in [-0.4, -0.2) is 31.5 Å². The molecule has 0 aliphatic carbocycles. The molecule has 3 nitrogen and oxygen atoms in total. The van der Waals surface area contributed by atoms with Gasteiger partial charge in [-0.15, -0.1) is 0 Å². The second-order valence-corrected chi connectivity index (χ2v) is 3.57. The smallest absolute Gasteiger partial charge is 0.123 e. The van der Waals surface area contributed by atoms with E-state index in [-0.39, 0.29) is 18.5 Å². The van der Waals surface area contributed by atoms with Crippen molar-refractivity contribution in [3.8, 4) is 0 Å². The molecule has 2 N–H and O–H groups in total. The normalized spacial score (nSPS) is 12.7. The molecule has 0 aliphatic rings. The van der Waals surface area contributed by atoms with Crippen LogP contribution in [0.4, 0.5) is 4.39 Å². The summed E-state index contributed by atoms with van der Waals surface area (Å²) in [5.74, 6) is -0.220. The fourth-order valence-electron chi connectivity index (χ4n) is 1.41. The minimum Gasteiger partial charge on any atom is -0.394 e. The van der Waals surface area contributed by atoms with Gasteiger partial charge in [0.25, 0.3) is 0 Å². The van der Waals surface area contributed by atoms with Gasteiger partial charge in [-0.2, -0.15) is 0 Å². The molecular weight excluding hydrogens is 209 g/mol. The molecule has 0 fully saturated rings. The third kappa shape index (κ3) is 4.70. The van der Waals surface area contributed by atoms with Crippen molar-refractivity contribution < 1.29 is 14.2 Å². The standard InChI is InChI=1S/C12H18FNO2/c1-10(14-5-7-16-8-6-15)11-3-2-4-12(13)9-11/h2-4,9-10,14-15H,5-8H2,1H3. The van der Waals surface area contributed by atoms with E-state index in [1.54, 1.807) is 6.07 Å². The number of aliphatic hydroxyl groups is 1. The third-order valence-electron chi connectivity index (χ3n) is 2.28. The lowest BCUT2D eigenvalue weighted by molar-refractivity contribution is 0.0928.